The number of hydrogen-bond acceptors (Lipinski definition) is 1. The number of nitrogens with zero attached hydrogens (tertiary/aromatic N) is 3. The number of rotatable bonds is 4. The Hall–Kier alpha value is -7.82. The van der Waals surface area contributed by atoms with E-state index < -0.39 is 0 Å². The maximum absolute atomic E-state index is 6.37. The van der Waals surface area contributed by atoms with Crippen molar-refractivity contribution in [3.05, 3.63) is 200 Å². The minimum atomic E-state index is 0.890. The summed E-state index contributed by atoms with van der Waals surface area (Å²) in [6, 6.07) is 72.7. The van der Waals surface area contributed by atoms with E-state index in [4.69, 9.17) is 4.42 Å². The van der Waals surface area contributed by atoms with Gasteiger partial charge >= 0.3 is 0 Å². The van der Waals surface area contributed by atoms with Crippen molar-refractivity contribution < 1.29 is 4.42 Å². The molecule has 0 radical (unpaired) electrons. The van der Waals surface area contributed by atoms with Gasteiger partial charge in [-0.15, -0.1) is 0 Å². The molecule has 0 aliphatic rings. The van der Waals surface area contributed by atoms with Crippen molar-refractivity contribution >= 4 is 87.4 Å². The van der Waals surface area contributed by atoms with Gasteiger partial charge < -0.3 is 18.1 Å². The van der Waals surface area contributed by atoms with Crippen molar-refractivity contribution in [2.24, 2.45) is 0 Å². The van der Waals surface area contributed by atoms with Crippen LogP contribution in [0.1, 0.15) is 0 Å². The van der Waals surface area contributed by atoms with E-state index in [0.717, 1.165) is 61.2 Å². The molecular formula is C54H33N3O. The van der Waals surface area contributed by atoms with Crippen LogP contribution in [0.2, 0.25) is 0 Å². The topological polar surface area (TPSA) is 27.9 Å². The third-order valence-electron chi connectivity index (χ3n) is 12.2. The third kappa shape index (κ3) is 4.34. The Morgan fingerprint density at radius 2 is 0.707 bits per heavy atom. The molecule has 0 spiro atoms. The highest BCUT2D eigenvalue weighted by atomic mass is 16.3. The molecule has 4 aromatic heterocycles. The van der Waals surface area contributed by atoms with Crippen molar-refractivity contribution in [2.75, 3.05) is 0 Å². The summed E-state index contributed by atoms with van der Waals surface area (Å²) in [6.45, 7) is 0. The predicted molar refractivity (Wildman–Crippen MR) is 242 cm³/mol. The molecule has 0 bridgehead atoms. The summed E-state index contributed by atoms with van der Waals surface area (Å²) >= 11 is 0. The van der Waals surface area contributed by atoms with Gasteiger partial charge in [0, 0.05) is 49.1 Å². The summed E-state index contributed by atoms with van der Waals surface area (Å²) in [5.41, 5.74) is 14.5. The smallest absolute Gasteiger partial charge is 0.137 e. The van der Waals surface area contributed by atoms with E-state index >= 15 is 0 Å². The Morgan fingerprint density at radius 3 is 1.26 bits per heavy atom. The Kier molecular flexibility index (Phi) is 6.41. The lowest BCUT2D eigenvalue weighted by molar-refractivity contribution is 0.669. The summed E-state index contributed by atoms with van der Waals surface area (Å²) in [5.74, 6) is 0. The molecule has 58 heavy (non-hydrogen) atoms. The van der Waals surface area contributed by atoms with Gasteiger partial charge in [0.2, 0.25) is 0 Å². The maximum atomic E-state index is 6.37. The average Bonchev–Trinajstić information content (AvgIpc) is 4.02. The van der Waals surface area contributed by atoms with E-state index in [1.807, 2.05) is 6.07 Å². The van der Waals surface area contributed by atoms with Gasteiger partial charge in [0.15, 0.2) is 0 Å². The fourth-order valence-electron chi connectivity index (χ4n) is 9.78. The van der Waals surface area contributed by atoms with E-state index in [2.05, 4.69) is 208 Å². The second-order valence-electron chi connectivity index (χ2n) is 15.3. The minimum Gasteiger partial charge on any atom is -0.456 e. The van der Waals surface area contributed by atoms with Crippen molar-refractivity contribution in [3.8, 4) is 28.2 Å². The number of para-hydroxylation sites is 6. The van der Waals surface area contributed by atoms with Gasteiger partial charge in [-0.25, -0.2) is 0 Å². The fraction of sp³-hybridized carbons (Fsp3) is 0. The van der Waals surface area contributed by atoms with Gasteiger partial charge in [-0.05, 0) is 90.0 Å². The molecule has 0 atom stereocenters. The second kappa shape index (κ2) is 11.8. The molecular weight excluding hydrogens is 707 g/mol. The van der Waals surface area contributed by atoms with Gasteiger partial charge in [0.1, 0.15) is 11.2 Å². The van der Waals surface area contributed by atoms with Crippen LogP contribution in [0.4, 0.5) is 0 Å². The summed E-state index contributed by atoms with van der Waals surface area (Å²) < 4.78 is 13.7. The molecule has 13 rings (SSSR count). The van der Waals surface area contributed by atoms with Crippen LogP contribution in [0.5, 0.6) is 0 Å². The predicted octanol–water partition coefficient (Wildman–Crippen LogP) is 14.5. The lowest BCUT2D eigenvalue weighted by Gasteiger charge is -2.16. The van der Waals surface area contributed by atoms with Crippen LogP contribution in [-0.4, -0.2) is 13.7 Å². The number of furan rings is 1. The monoisotopic (exact) mass is 739 g/mol. The molecule has 0 aliphatic carbocycles. The molecule has 270 valence electrons. The zero-order valence-corrected chi connectivity index (χ0v) is 31.3. The van der Waals surface area contributed by atoms with Crippen LogP contribution in [0.15, 0.2) is 205 Å². The van der Waals surface area contributed by atoms with E-state index in [-0.39, 0.29) is 0 Å². The summed E-state index contributed by atoms with van der Waals surface area (Å²) in [4.78, 5) is 0. The Balaban J connectivity index is 1.10. The molecule has 4 heterocycles. The quantitative estimate of drug-likeness (QED) is 0.177. The van der Waals surface area contributed by atoms with E-state index in [9.17, 15) is 0 Å². The van der Waals surface area contributed by atoms with Gasteiger partial charge in [-0.2, -0.15) is 0 Å². The fourth-order valence-corrected chi connectivity index (χ4v) is 9.78. The Labute approximate surface area is 332 Å². The molecule has 0 N–H and O–H groups in total. The lowest BCUT2D eigenvalue weighted by atomic mass is 10.0. The first-order valence-corrected chi connectivity index (χ1v) is 19.8. The van der Waals surface area contributed by atoms with Crippen LogP contribution in [0.25, 0.3) is 116 Å². The third-order valence-corrected chi connectivity index (χ3v) is 12.2. The van der Waals surface area contributed by atoms with Crippen molar-refractivity contribution in [2.45, 2.75) is 0 Å². The molecule has 0 aliphatic heterocycles. The van der Waals surface area contributed by atoms with Crippen LogP contribution in [0.3, 0.4) is 0 Å². The van der Waals surface area contributed by atoms with Crippen molar-refractivity contribution in [1.29, 1.82) is 0 Å². The lowest BCUT2D eigenvalue weighted by Crippen LogP contribution is -2.00. The van der Waals surface area contributed by atoms with E-state index in [0.29, 0.717) is 0 Å². The normalized spacial score (nSPS) is 12.1. The van der Waals surface area contributed by atoms with Gasteiger partial charge in [-0.1, -0.05) is 121 Å². The largest absolute Gasteiger partial charge is 0.456 e. The average molecular weight is 740 g/mol. The molecule has 4 nitrogen and oxygen atoms in total. The molecule has 9 aromatic carbocycles. The highest BCUT2D eigenvalue weighted by Gasteiger charge is 2.20. The summed E-state index contributed by atoms with van der Waals surface area (Å²) in [5, 5.41) is 9.65. The number of aromatic nitrogens is 3. The van der Waals surface area contributed by atoms with Gasteiger partial charge in [-0.3, -0.25) is 0 Å². The highest BCUT2D eigenvalue weighted by molar-refractivity contribution is 6.15. The zero-order valence-electron chi connectivity index (χ0n) is 31.3. The van der Waals surface area contributed by atoms with E-state index in [1.165, 1.54) is 54.4 Å². The molecule has 0 amide bonds. The molecule has 0 unspecified atom stereocenters. The number of hydrogen-bond donors (Lipinski definition) is 0. The molecule has 0 fully saturated rings. The van der Waals surface area contributed by atoms with Crippen LogP contribution >= 0.6 is 0 Å². The SMILES string of the molecule is c1ccc2c(c1)oc1cccc(-n3c4ccccc4c4cc(-c5cc(-n6c7ccccc7c7ccccc76)cc(-n6c7ccccc7c7ccccc76)c5)ccc43)c12. The molecule has 13 aromatic rings. The molecule has 0 saturated carbocycles. The second-order valence-corrected chi connectivity index (χ2v) is 15.3. The van der Waals surface area contributed by atoms with Crippen molar-refractivity contribution in [3.63, 3.8) is 0 Å². The van der Waals surface area contributed by atoms with Gasteiger partial charge in [0.05, 0.1) is 44.2 Å². The van der Waals surface area contributed by atoms with Crippen LogP contribution in [0, 0.1) is 0 Å². The summed E-state index contributed by atoms with van der Waals surface area (Å²) in [6.07, 6.45) is 0. The maximum Gasteiger partial charge on any atom is 0.137 e. The van der Waals surface area contributed by atoms with Crippen molar-refractivity contribution in [1.82, 2.24) is 13.7 Å². The van der Waals surface area contributed by atoms with Crippen LogP contribution < -0.4 is 0 Å². The standard InChI is InChI=1S/C54H33N3O/c1-7-20-45-38(14-1)39-15-2-8-21-46(39)55(45)36-30-35(31-37(33-36)56-47-22-9-3-16-40(47)41-17-4-10-23-48(41)56)34-28-29-50-44(32-34)42-18-5-11-24-49(42)57(50)51-25-13-27-53-54(51)43-19-6-12-26-52(43)58-53/h1-33H. The highest BCUT2D eigenvalue weighted by Crippen LogP contribution is 2.42. The summed E-state index contributed by atoms with van der Waals surface area (Å²) in [7, 11) is 0. The molecule has 0 saturated heterocycles. The van der Waals surface area contributed by atoms with Crippen LogP contribution in [-0.2, 0) is 0 Å². The number of benzene rings is 9. The first-order valence-electron chi connectivity index (χ1n) is 19.8. The van der Waals surface area contributed by atoms with E-state index in [1.54, 1.807) is 0 Å². The first-order chi connectivity index (χ1) is 28.8. The first kappa shape index (κ1) is 31.4. The Morgan fingerprint density at radius 1 is 0.276 bits per heavy atom. The Bertz CT molecular complexity index is 3580. The zero-order chi connectivity index (χ0) is 37.9. The number of fused-ring (bicyclic) bond motifs is 12. The molecule has 4 heteroatoms. The van der Waals surface area contributed by atoms with Gasteiger partial charge in [0.25, 0.3) is 0 Å². The minimum absolute atomic E-state index is 0.890.